The lowest BCUT2D eigenvalue weighted by Gasteiger charge is -2.49. The number of nitrogens with zero attached hydrogens (tertiary/aromatic N) is 1. The summed E-state index contributed by atoms with van der Waals surface area (Å²) in [6.45, 7) is 10.0. The Bertz CT molecular complexity index is 230. The summed E-state index contributed by atoms with van der Waals surface area (Å²) in [6.07, 6.45) is 3.57. The third kappa shape index (κ3) is 4.23. The lowest BCUT2D eigenvalue weighted by molar-refractivity contribution is 0.0694. The molecule has 0 aliphatic carbocycles. The van der Waals surface area contributed by atoms with Gasteiger partial charge in [-0.1, -0.05) is 0 Å². The fourth-order valence-corrected chi connectivity index (χ4v) is 3.76. The van der Waals surface area contributed by atoms with Crippen molar-refractivity contribution < 1.29 is 0 Å². The van der Waals surface area contributed by atoms with Gasteiger partial charge in [-0.2, -0.15) is 0 Å². The molecule has 0 aromatic heterocycles. The maximum absolute atomic E-state index is 5.77. The number of nitrogens with two attached hydrogens (primary N) is 1. The summed E-state index contributed by atoms with van der Waals surface area (Å²) in [6, 6.07) is 0.612. The number of rotatable bonds is 4. The molecular formula is C14H31N3. The third-order valence-electron chi connectivity index (χ3n) is 3.89. The first-order chi connectivity index (χ1) is 7.67. The Kier molecular flexibility index (Phi) is 4.61. The lowest BCUT2D eigenvalue weighted by atomic mass is 9.72. The highest BCUT2D eigenvalue weighted by Gasteiger charge is 2.40. The van der Waals surface area contributed by atoms with Crippen LogP contribution in [0.5, 0.6) is 0 Å². The average molecular weight is 241 g/mol. The monoisotopic (exact) mass is 241 g/mol. The minimum atomic E-state index is 0.231. The van der Waals surface area contributed by atoms with E-state index in [0.29, 0.717) is 6.04 Å². The van der Waals surface area contributed by atoms with Gasteiger partial charge in [-0.05, 0) is 73.5 Å². The second kappa shape index (κ2) is 5.25. The zero-order valence-corrected chi connectivity index (χ0v) is 12.5. The molecule has 1 heterocycles. The summed E-state index contributed by atoms with van der Waals surface area (Å²) in [7, 11) is 4.37. The molecule has 1 atom stereocenters. The standard InChI is InChI=1S/C14H31N3/c1-13(2)9-11(10-14(3,4)16-13)12(7-8-15)17(5)6/h11-12,16H,7-10,15H2,1-6H3. The van der Waals surface area contributed by atoms with E-state index in [2.05, 4.69) is 52.0 Å². The molecule has 1 aliphatic rings. The van der Waals surface area contributed by atoms with Gasteiger partial charge in [0.1, 0.15) is 0 Å². The summed E-state index contributed by atoms with van der Waals surface area (Å²) in [5.41, 5.74) is 6.23. The number of hydrogen-bond acceptors (Lipinski definition) is 3. The maximum atomic E-state index is 5.77. The molecule has 3 heteroatoms. The Hall–Kier alpha value is -0.120. The Labute approximate surface area is 107 Å². The Morgan fingerprint density at radius 2 is 1.65 bits per heavy atom. The predicted molar refractivity (Wildman–Crippen MR) is 75.2 cm³/mol. The molecule has 1 unspecified atom stereocenters. The van der Waals surface area contributed by atoms with E-state index in [0.717, 1.165) is 18.9 Å². The van der Waals surface area contributed by atoms with Gasteiger partial charge in [0.2, 0.25) is 0 Å². The first-order valence-electron chi connectivity index (χ1n) is 6.83. The molecule has 0 spiro atoms. The maximum Gasteiger partial charge on any atom is 0.0133 e. The molecule has 0 radical (unpaired) electrons. The molecule has 1 aliphatic heterocycles. The van der Waals surface area contributed by atoms with Crippen LogP contribution in [0.4, 0.5) is 0 Å². The van der Waals surface area contributed by atoms with E-state index in [-0.39, 0.29) is 11.1 Å². The second-order valence-electron chi connectivity index (χ2n) is 7.17. The van der Waals surface area contributed by atoms with Gasteiger partial charge in [0.05, 0.1) is 0 Å². The van der Waals surface area contributed by atoms with Crippen molar-refractivity contribution in [2.24, 2.45) is 11.7 Å². The van der Waals surface area contributed by atoms with Crippen LogP contribution >= 0.6 is 0 Å². The summed E-state index contributed by atoms with van der Waals surface area (Å²) >= 11 is 0. The Balaban J connectivity index is 2.80. The molecule has 0 aromatic carbocycles. The van der Waals surface area contributed by atoms with Crippen LogP contribution in [-0.4, -0.2) is 42.7 Å². The van der Waals surface area contributed by atoms with Crippen molar-refractivity contribution >= 4 is 0 Å². The van der Waals surface area contributed by atoms with Crippen molar-refractivity contribution in [3.63, 3.8) is 0 Å². The SMILES string of the molecule is CN(C)C(CCN)C1CC(C)(C)NC(C)(C)C1. The van der Waals surface area contributed by atoms with Crippen molar-refractivity contribution in [3.8, 4) is 0 Å². The molecular weight excluding hydrogens is 210 g/mol. The van der Waals surface area contributed by atoms with E-state index in [1.807, 2.05) is 0 Å². The van der Waals surface area contributed by atoms with E-state index < -0.39 is 0 Å². The van der Waals surface area contributed by atoms with E-state index in [9.17, 15) is 0 Å². The van der Waals surface area contributed by atoms with Crippen LogP contribution in [0.2, 0.25) is 0 Å². The molecule has 102 valence electrons. The van der Waals surface area contributed by atoms with Crippen molar-refractivity contribution in [1.29, 1.82) is 0 Å². The van der Waals surface area contributed by atoms with Crippen LogP contribution in [0.15, 0.2) is 0 Å². The van der Waals surface area contributed by atoms with Crippen LogP contribution in [-0.2, 0) is 0 Å². The lowest BCUT2D eigenvalue weighted by Crippen LogP contribution is -2.60. The van der Waals surface area contributed by atoms with Crippen molar-refractivity contribution in [2.75, 3.05) is 20.6 Å². The van der Waals surface area contributed by atoms with Crippen molar-refractivity contribution in [3.05, 3.63) is 0 Å². The van der Waals surface area contributed by atoms with Gasteiger partial charge in [0.25, 0.3) is 0 Å². The van der Waals surface area contributed by atoms with Gasteiger partial charge in [-0.3, -0.25) is 0 Å². The first-order valence-corrected chi connectivity index (χ1v) is 6.83. The van der Waals surface area contributed by atoms with Crippen molar-refractivity contribution in [1.82, 2.24) is 10.2 Å². The predicted octanol–water partition coefficient (Wildman–Crippen LogP) is 1.82. The quantitative estimate of drug-likeness (QED) is 0.789. The van der Waals surface area contributed by atoms with Gasteiger partial charge in [-0.15, -0.1) is 0 Å². The number of hydrogen-bond donors (Lipinski definition) is 2. The fourth-order valence-electron chi connectivity index (χ4n) is 3.76. The second-order valence-corrected chi connectivity index (χ2v) is 7.17. The van der Waals surface area contributed by atoms with Gasteiger partial charge in [0.15, 0.2) is 0 Å². The molecule has 0 aromatic rings. The first kappa shape index (κ1) is 14.9. The van der Waals surface area contributed by atoms with Gasteiger partial charge in [-0.25, -0.2) is 0 Å². The van der Waals surface area contributed by atoms with Crippen LogP contribution in [0.1, 0.15) is 47.0 Å². The molecule has 1 fully saturated rings. The highest BCUT2D eigenvalue weighted by molar-refractivity contribution is 4.99. The molecule has 3 nitrogen and oxygen atoms in total. The minimum Gasteiger partial charge on any atom is -0.330 e. The van der Waals surface area contributed by atoms with Gasteiger partial charge in [0, 0.05) is 17.1 Å². The van der Waals surface area contributed by atoms with Crippen LogP contribution in [0, 0.1) is 5.92 Å². The summed E-state index contributed by atoms with van der Waals surface area (Å²) < 4.78 is 0. The summed E-state index contributed by atoms with van der Waals surface area (Å²) in [5, 5.41) is 3.75. The molecule has 1 rings (SSSR count). The smallest absolute Gasteiger partial charge is 0.0133 e. The highest BCUT2D eigenvalue weighted by atomic mass is 15.1. The number of piperidine rings is 1. The largest absolute Gasteiger partial charge is 0.330 e. The van der Waals surface area contributed by atoms with E-state index in [4.69, 9.17) is 5.73 Å². The average Bonchev–Trinajstić information content (AvgIpc) is 2.08. The van der Waals surface area contributed by atoms with Gasteiger partial charge >= 0.3 is 0 Å². The van der Waals surface area contributed by atoms with E-state index >= 15 is 0 Å². The van der Waals surface area contributed by atoms with Crippen LogP contribution < -0.4 is 11.1 Å². The minimum absolute atomic E-state index is 0.231. The summed E-state index contributed by atoms with van der Waals surface area (Å²) in [5.74, 6) is 0.736. The van der Waals surface area contributed by atoms with Crippen molar-refractivity contribution in [2.45, 2.75) is 64.1 Å². The topological polar surface area (TPSA) is 41.3 Å². The van der Waals surface area contributed by atoms with Gasteiger partial charge < -0.3 is 16.0 Å². The zero-order chi connectivity index (χ0) is 13.3. The highest BCUT2D eigenvalue weighted by Crippen LogP contribution is 2.36. The van der Waals surface area contributed by atoms with E-state index in [1.54, 1.807) is 0 Å². The van der Waals surface area contributed by atoms with Crippen LogP contribution in [0.3, 0.4) is 0 Å². The molecule has 17 heavy (non-hydrogen) atoms. The van der Waals surface area contributed by atoms with Crippen LogP contribution in [0.25, 0.3) is 0 Å². The zero-order valence-electron chi connectivity index (χ0n) is 12.5. The molecule has 1 saturated heterocycles. The normalized spacial score (nSPS) is 26.1. The molecule has 0 saturated carbocycles. The molecule has 0 bridgehead atoms. The van der Waals surface area contributed by atoms with E-state index in [1.165, 1.54) is 12.8 Å². The Morgan fingerprint density at radius 1 is 1.18 bits per heavy atom. The Morgan fingerprint density at radius 3 is 2.00 bits per heavy atom. The number of nitrogens with one attached hydrogen (secondary N) is 1. The third-order valence-corrected chi connectivity index (χ3v) is 3.89. The fraction of sp³-hybridized carbons (Fsp3) is 1.00. The summed E-state index contributed by atoms with van der Waals surface area (Å²) in [4.78, 5) is 2.36. The molecule has 0 amide bonds. The molecule has 3 N–H and O–H groups in total.